The van der Waals surface area contributed by atoms with Gasteiger partial charge < -0.3 is 20.6 Å². The molecule has 0 aliphatic heterocycles. The quantitative estimate of drug-likeness (QED) is 0.648. The van der Waals surface area contributed by atoms with E-state index >= 15 is 0 Å². The van der Waals surface area contributed by atoms with E-state index in [-0.39, 0.29) is 0 Å². The molecule has 0 aromatic heterocycles. The van der Waals surface area contributed by atoms with E-state index in [1.807, 2.05) is 0 Å². The maximum Gasteiger partial charge on any atom is 0.407 e. The maximum atomic E-state index is 11.1. The monoisotopic (exact) mass is 202 g/mol. The predicted octanol–water partition coefficient (Wildman–Crippen LogP) is 0.427. The summed E-state index contributed by atoms with van der Waals surface area (Å²) in [4.78, 5) is 21.2. The van der Waals surface area contributed by atoms with Crippen LogP contribution in [0.2, 0.25) is 0 Å². The Bertz CT molecular complexity index is 199. The lowest BCUT2D eigenvalue weighted by atomic mass is 10.2. The van der Waals surface area contributed by atoms with Gasteiger partial charge in [0.05, 0.1) is 6.04 Å². The molecule has 0 fully saturated rings. The van der Waals surface area contributed by atoms with Crippen molar-refractivity contribution in [2.45, 2.75) is 38.8 Å². The highest BCUT2D eigenvalue weighted by Crippen LogP contribution is 2.06. The van der Waals surface area contributed by atoms with Crippen LogP contribution in [-0.4, -0.2) is 30.6 Å². The van der Waals surface area contributed by atoms with Gasteiger partial charge in [-0.2, -0.15) is 0 Å². The fourth-order valence-corrected chi connectivity index (χ4v) is 0.723. The molecule has 82 valence electrons. The summed E-state index contributed by atoms with van der Waals surface area (Å²) in [5, 5.41) is 2.50. The molecule has 0 saturated heterocycles. The zero-order valence-corrected chi connectivity index (χ0v) is 8.87. The number of hydrogen-bond acceptors (Lipinski definition) is 4. The molecule has 1 unspecified atom stereocenters. The number of alkyl carbamates (subject to hydrolysis) is 1. The van der Waals surface area contributed by atoms with Crippen LogP contribution in [0.15, 0.2) is 0 Å². The Morgan fingerprint density at radius 1 is 1.57 bits per heavy atom. The summed E-state index contributed by atoms with van der Waals surface area (Å²) >= 11 is 0. The van der Waals surface area contributed by atoms with Crippen LogP contribution in [0.4, 0.5) is 4.79 Å². The van der Waals surface area contributed by atoms with Crippen molar-refractivity contribution in [3.8, 4) is 0 Å². The molecular weight excluding hydrogens is 184 g/mol. The lowest BCUT2D eigenvalue weighted by molar-refractivity contribution is -0.109. The number of aldehydes is 1. The largest absolute Gasteiger partial charge is 0.444 e. The molecule has 0 radical (unpaired) electrons. The molecule has 5 heteroatoms. The SMILES string of the molecule is CC(C)(C)OC(=O)NCCC(N)C=O. The van der Waals surface area contributed by atoms with Crippen LogP contribution in [0, 0.1) is 0 Å². The van der Waals surface area contributed by atoms with Crippen LogP contribution in [0.3, 0.4) is 0 Å². The van der Waals surface area contributed by atoms with Crippen LogP contribution >= 0.6 is 0 Å². The molecule has 0 rings (SSSR count). The third-order valence-corrected chi connectivity index (χ3v) is 1.32. The summed E-state index contributed by atoms with van der Waals surface area (Å²) in [6.07, 6.45) is 0.579. The molecule has 14 heavy (non-hydrogen) atoms. The first-order valence-corrected chi connectivity index (χ1v) is 4.53. The second-order valence-electron chi connectivity index (χ2n) is 4.02. The minimum atomic E-state index is -0.523. The van der Waals surface area contributed by atoms with Gasteiger partial charge in [-0.05, 0) is 27.2 Å². The number of carbonyl (C=O) groups excluding carboxylic acids is 2. The smallest absolute Gasteiger partial charge is 0.407 e. The highest BCUT2D eigenvalue weighted by molar-refractivity contribution is 5.67. The highest BCUT2D eigenvalue weighted by atomic mass is 16.6. The van der Waals surface area contributed by atoms with Crippen molar-refractivity contribution in [2.24, 2.45) is 5.73 Å². The standard InChI is InChI=1S/C9H18N2O3/c1-9(2,3)14-8(13)11-5-4-7(10)6-12/h6-7H,4-5,10H2,1-3H3,(H,11,13). The fraction of sp³-hybridized carbons (Fsp3) is 0.778. The van der Waals surface area contributed by atoms with Crippen molar-refractivity contribution in [2.75, 3.05) is 6.54 Å². The zero-order valence-electron chi connectivity index (χ0n) is 8.87. The first kappa shape index (κ1) is 12.9. The molecule has 0 heterocycles. The Morgan fingerprint density at radius 2 is 2.14 bits per heavy atom. The van der Waals surface area contributed by atoms with Gasteiger partial charge >= 0.3 is 6.09 Å². The molecule has 0 bridgehead atoms. The Kier molecular flexibility index (Phi) is 5.15. The number of ether oxygens (including phenoxy) is 1. The highest BCUT2D eigenvalue weighted by Gasteiger charge is 2.15. The maximum absolute atomic E-state index is 11.1. The van der Waals surface area contributed by atoms with Crippen molar-refractivity contribution in [3.63, 3.8) is 0 Å². The first-order chi connectivity index (χ1) is 6.35. The average Bonchev–Trinajstić information content (AvgIpc) is 2.00. The minimum absolute atomic E-state index is 0.342. The van der Waals surface area contributed by atoms with E-state index in [4.69, 9.17) is 10.5 Å². The van der Waals surface area contributed by atoms with Gasteiger partial charge in [-0.1, -0.05) is 0 Å². The molecule has 0 aromatic carbocycles. The molecule has 1 atom stereocenters. The topological polar surface area (TPSA) is 81.4 Å². The summed E-state index contributed by atoms with van der Waals surface area (Å²) in [5.74, 6) is 0. The van der Waals surface area contributed by atoms with Gasteiger partial charge in [-0.25, -0.2) is 4.79 Å². The molecule has 0 aliphatic carbocycles. The molecule has 5 nitrogen and oxygen atoms in total. The van der Waals surface area contributed by atoms with Gasteiger partial charge in [-0.3, -0.25) is 0 Å². The van der Waals surface area contributed by atoms with Crippen molar-refractivity contribution >= 4 is 12.4 Å². The summed E-state index contributed by atoms with van der Waals surface area (Å²) in [6, 6.07) is -0.523. The van der Waals surface area contributed by atoms with E-state index in [0.717, 1.165) is 0 Å². The second kappa shape index (κ2) is 5.59. The molecule has 0 spiro atoms. The first-order valence-electron chi connectivity index (χ1n) is 4.53. The zero-order chi connectivity index (χ0) is 11.2. The van der Waals surface area contributed by atoms with Crippen molar-refractivity contribution in [1.82, 2.24) is 5.32 Å². The van der Waals surface area contributed by atoms with Crippen molar-refractivity contribution in [1.29, 1.82) is 0 Å². The number of nitrogens with two attached hydrogens (primary N) is 1. The van der Waals surface area contributed by atoms with Crippen molar-refractivity contribution < 1.29 is 14.3 Å². The van der Waals surface area contributed by atoms with Gasteiger partial charge in [0.2, 0.25) is 0 Å². The van der Waals surface area contributed by atoms with Crippen LogP contribution in [0.5, 0.6) is 0 Å². The van der Waals surface area contributed by atoms with Crippen LogP contribution in [0.1, 0.15) is 27.2 Å². The Hall–Kier alpha value is -1.10. The van der Waals surface area contributed by atoms with E-state index in [9.17, 15) is 9.59 Å². The molecule has 0 aromatic rings. The van der Waals surface area contributed by atoms with Gasteiger partial charge in [0.25, 0.3) is 0 Å². The fourth-order valence-electron chi connectivity index (χ4n) is 0.723. The average molecular weight is 202 g/mol. The molecule has 0 saturated carbocycles. The third-order valence-electron chi connectivity index (χ3n) is 1.32. The Morgan fingerprint density at radius 3 is 2.57 bits per heavy atom. The van der Waals surface area contributed by atoms with Gasteiger partial charge in [0.1, 0.15) is 11.9 Å². The molecular formula is C9H18N2O3. The lowest BCUT2D eigenvalue weighted by Gasteiger charge is -2.19. The van der Waals surface area contributed by atoms with Gasteiger partial charge in [-0.15, -0.1) is 0 Å². The van der Waals surface area contributed by atoms with Crippen molar-refractivity contribution in [3.05, 3.63) is 0 Å². The summed E-state index contributed by atoms with van der Waals surface area (Å²) < 4.78 is 4.97. The third kappa shape index (κ3) is 7.54. The number of amides is 1. The predicted molar refractivity (Wildman–Crippen MR) is 52.9 cm³/mol. The second-order valence-corrected chi connectivity index (χ2v) is 4.02. The summed E-state index contributed by atoms with van der Waals surface area (Å²) in [5.41, 5.74) is 4.82. The lowest BCUT2D eigenvalue weighted by Crippen LogP contribution is -2.35. The van der Waals surface area contributed by atoms with E-state index in [1.165, 1.54) is 0 Å². The Balaban J connectivity index is 3.60. The number of carbonyl (C=O) groups is 2. The molecule has 3 N–H and O–H groups in total. The summed E-state index contributed by atoms with van der Waals surface area (Å²) in [6.45, 7) is 5.69. The van der Waals surface area contributed by atoms with E-state index in [1.54, 1.807) is 20.8 Å². The molecule has 1 amide bonds. The van der Waals surface area contributed by atoms with E-state index < -0.39 is 17.7 Å². The van der Waals surface area contributed by atoms with Gasteiger partial charge in [0.15, 0.2) is 0 Å². The van der Waals surface area contributed by atoms with E-state index in [2.05, 4.69) is 5.32 Å². The number of nitrogens with one attached hydrogen (secondary N) is 1. The van der Waals surface area contributed by atoms with Crippen LogP contribution in [-0.2, 0) is 9.53 Å². The Labute approximate surface area is 84.0 Å². The normalized spacial score (nSPS) is 13.1. The minimum Gasteiger partial charge on any atom is -0.444 e. The van der Waals surface area contributed by atoms with Crippen LogP contribution < -0.4 is 11.1 Å². The number of rotatable bonds is 4. The summed E-state index contributed by atoms with van der Waals surface area (Å²) in [7, 11) is 0. The van der Waals surface area contributed by atoms with E-state index in [0.29, 0.717) is 19.3 Å². The number of hydrogen-bond donors (Lipinski definition) is 2. The van der Waals surface area contributed by atoms with Crippen LogP contribution in [0.25, 0.3) is 0 Å². The molecule has 0 aliphatic rings. The van der Waals surface area contributed by atoms with Gasteiger partial charge in [0, 0.05) is 6.54 Å².